The molecule has 1 aromatic heterocycles. The minimum atomic E-state index is 0.665. The molecule has 2 nitrogen and oxygen atoms in total. The van der Waals surface area contributed by atoms with Crippen LogP contribution in [0.4, 0.5) is 5.69 Å². The van der Waals surface area contributed by atoms with Gasteiger partial charge in [-0.2, -0.15) is 0 Å². The van der Waals surface area contributed by atoms with Gasteiger partial charge in [0.1, 0.15) is 5.75 Å². The molecule has 4 heteroatoms. The monoisotopic (exact) mass is 225 g/mol. The Bertz CT molecular complexity index is 464. The first kappa shape index (κ1) is 9.68. The highest BCUT2D eigenvalue weighted by Crippen LogP contribution is 2.40. The standard InChI is InChI=1S/C10H11NOS2/c1-2-12-7-5-3-4-6-8(11)10(13)14-9(6)7/h3-5,13H,2,11H2,1H3. The molecule has 0 aliphatic heterocycles. The molecule has 74 valence electrons. The van der Waals surface area contributed by atoms with E-state index in [1.807, 2.05) is 25.1 Å². The lowest BCUT2D eigenvalue weighted by atomic mass is 10.2. The minimum Gasteiger partial charge on any atom is -0.492 e. The van der Waals surface area contributed by atoms with Gasteiger partial charge < -0.3 is 10.5 Å². The fraction of sp³-hybridized carbons (Fsp3) is 0.200. The van der Waals surface area contributed by atoms with E-state index in [-0.39, 0.29) is 0 Å². The van der Waals surface area contributed by atoms with E-state index in [2.05, 4.69) is 12.6 Å². The van der Waals surface area contributed by atoms with Crippen LogP contribution in [-0.4, -0.2) is 6.61 Å². The molecule has 0 radical (unpaired) electrons. The number of hydrogen-bond donors (Lipinski definition) is 2. The van der Waals surface area contributed by atoms with E-state index in [9.17, 15) is 0 Å². The normalized spacial score (nSPS) is 10.7. The van der Waals surface area contributed by atoms with Gasteiger partial charge >= 0.3 is 0 Å². The van der Waals surface area contributed by atoms with Crippen LogP contribution >= 0.6 is 24.0 Å². The van der Waals surface area contributed by atoms with E-state index < -0.39 is 0 Å². The van der Waals surface area contributed by atoms with Crippen LogP contribution in [-0.2, 0) is 0 Å². The number of nitrogen functional groups attached to an aromatic ring is 1. The topological polar surface area (TPSA) is 35.2 Å². The number of nitrogens with two attached hydrogens (primary N) is 1. The van der Waals surface area contributed by atoms with Crippen molar-refractivity contribution in [3.8, 4) is 5.75 Å². The summed E-state index contributed by atoms with van der Waals surface area (Å²) in [5.74, 6) is 0.891. The summed E-state index contributed by atoms with van der Waals surface area (Å²) in [6.07, 6.45) is 0. The summed E-state index contributed by atoms with van der Waals surface area (Å²) < 4.78 is 7.44. The second-order valence-corrected chi connectivity index (χ2v) is 4.66. The van der Waals surface area contributed by atoms with Gasteiger partial charge in [-0.05, 0) is 13.0 Å². The van der Waals surface area contributed by atoms with Gasteiger partial charge in [0, 0.05) is 5.39 Å². The highest BCUT2D eigenvalue weighted by atomic mass is 32.2. The molecule has 0 atom stereocenters. The molecule has 0 unspecified atom stereocenters. The predicted molar refractivity (Wildman–Crippen MR) is 64.7 cm³/mol. The van der Waals surface area contributed by atoms with Gasteiger partial charge in [0.15, 0.2) is 0 Å². The van der Waals surface area contributed by atoms with Crippen molar-refractivity contribution in [3.63, 3.8) is 0 Å². The lowest BCUT2D eigenvalue weighted by Gasteiger charge is -2.03. The lowest BCUT2D eigenvalue weighted by Crippen LogP contribution is -1.90. The van der Waals surface area contributed by atoms with Crippen molar-refractivity contribution in [1.82, 2.24) is 0 Å². The van der Waals surface area contributed by atoms with Gasteiger partial charge in [-0.3, -0.25) is 0 Å². The fourth-order valence-corrected chi connectivity index (χ4v) is 2.69. The Morgan fingerprint density at radius 3 is 3.00 bits per heavy atom. The van der Waals surface area contributed by atoms with Gasteiger partial charge in [0.2, 0.25) is 0 Å². The molecular weight excluding hydrogens is 214 g/mol. The van der Waals surface area contributed by atoms with Crippen molar-refractivity contribution in [3.05, 3.63) is 18.2 Å². The SMILES string of the molecule is CCOc1cccc2c(N)c(S)sc12. The number of hydrogen-bond acceptors (Lipinski definition) is 4. The van der Waals surface area contributed by atoms with Crippen LogP contribution in [0, 0.1) is 0 Å². The summed E-state index contributed by atoms with van der Waals surface area (Å²) in [6, 6.07) is 5.89. The number of rotatable bonds is 2. The summed E-state index contributed by atoms with van der Waals surface area (Å²) in [4.78, 5) is 0. The van der Waals surface area contributed by atoms with E-state index in [1.54, 1.807) is 11.3 Å². The average molecular weight is 225 g/mol. The Hall–Kier alpha value is -0.870. The maximum absolute atomic E-state index is 5.88. The van der Waals surface area contributed by atoms with E-state index in [0.29, 0.717) is 6.61 Å². The van der Waals surface area contributed by atoms with Crippen molar-refractivity contribution in [2.75, 3.05) is 12.3 Å². The van der Waals surface area contributed by atoms with Crippen molar-refractivity contribution in [2.45, 2.75) is 11.1 Å². The third-order valence-electron chi connectivity index (χ3n) is 2.00. The number of ether oxygens (including phenoxy) is 1. The van der Waals surface area contributed by atoms with Crippen molar-refractivity contribution in [2.24, 2.45) is 0 Å². The Labute approximate surface area is 92.1 Å². The van der Waals surface area contributed by atoms with Gasteiger partial charge in [-0.1, -0.05) is 12.1 Å². The molecule has 14 heavy (non-hydrogen) atoms. The molecule has 0 spiro atoms. The van der Waals surface area contributed by atoms with E-state index in [1.165, 1.54) is 0 Å². The Kier molecular flexibility index (Phi) is 2.56. The van der Waals surface area contributed by atoms with Crippen molar-refractivity contribution < 1.29 is 4.74 Å². The maximum Gasteiger partial charge on any atom is 0.137 e. The molecule has 0 amide bonds. The molecule has 0 saturated carbocycles. The lowest BCUT2D eigenvalue weighted by molar-refractivity contribution is 0.345. The maximum atomic E-state index is 5.88. The zero-order valence-electron chi connectivity index (χ0n) is 7.78. The fourth-order valence-electron chi connectivity index (χ4n) is 1.37. The Balaban J connectivity index is 2.68. The van der Waals surface area contributed by atoms with Crippen LogP contribution < -0.4 is 10.5 Å². The third-order valence-corrected chi connectivity index (χ3v) is 3.55. The summed E-state index contributed by atoms with van der Waals surface area (Å²) in [6.45, 7) is 2.64. The summed E-state index contributed by atoms with van der Waals surface area (Å²) in [5, 5.41) is 1.03. The van der Waals surface area contributed by atoms with E-state index in [4.69, 9.17) is 10.5 Å². The smallest absolute Gasteiger partial charge is 0.137 e. The van der Waals surface area contributed by atoms with Crippen LogP contribution in [0.5, 0.6) is 5.75 Å². The van der Waals surface area contributed by atoms with E-state index in [0.717, 1.165) is 25.7 Å². The van der Waals surface area contributed by atoms with Crippen molar-refractivity contribution >= 4 is 39.7 Å². The number of benzene rings is 1. The minimum absolute atomic E-state index is 0.665. The van der Waals surface area contributed by atoms with Crippen LogP contribution in [0.1, 0.15) is 6.92 Å². The first-order valence-corrected chi connectivity index (χ1v) is 5.63. The molecule has 1 aromatic carbocycles. The van der Waals surface area contributed by atoms with Crippen molar-refractivity contribution in [1.29, 1.82) is 0 Å². The zero-order valence-corrected chi connectivity index (χ0v) is 9.49. The summed E-state index contributed by atoms with van der Waals surface area (Å²) >= 11 is 5.87. The Morgan fingerprint density at radius 1 is 1.50 bits per heavy atom. The second kappa shape index (κ2) is 3.71. The third kappa shape index (κ3) is 1.44. The molecule has 2 N–H and O–H groups in total. The highest BCUT2D eigenvalue weighted by molar-refractivity contribution is 7.83. The molecule has 0 aliphatic carbocycles. The van der Waals surface area contributed by atoms with E-state index >= 15 is 0 Å². The molecule has 0 bridgehead atoms. The van der Waals surface area contributed by atoms with Gasteiger partial charge in [-0.15, -0.1) is 24.0 Å². The Morgan fingerprint density at radius 2 is 2.29 bits per heavy atom. The summed E-state index contributed by atoms with van der Waals surface area (Å²) in [7, 11) is 0. The second-order valence-electron chi connectivity index (χ2n) is 2.89. The number of fused-ring (bicyclic) bond motifs is 1. The van der Waals surface area contributed by atoms with Gasteiger partial charge in [-0.25, -0.2) is 0 Å². The number of anilines is 1. The number of thiol groups is 1. The molecule has 0 aliphatic rings. The van der Waals surface area contributed by atoms with Gasteiger partial charge in [0.05, 0.1) is 21.2 Å². The van der Waals surface area contributed by atoms with Crippen LogP contribution in [0.25, 0.3) is 10.1 Å². The van der Waals surface area contributed by atoms with Gasteiger partial charge in [0.25, 0.3) is 0 Å². The molecule has 0 fully saturated rings. The molecule has 0 saturated heterocycles. The predicted octanol–water partition coefficient (Wildman–Crippen LogP) is 3.17. The average Bonchev–Trinajstić information content (AvgIpc) is 2.46. The quantitative estimate of drug-likeness (QED) is 0.770. The molecule has 2 rings (SSSR count). The first-order chi connectivity index (χ1) is 6.74. The van der Waals surface area contributed by atoms with Crippen LogP contribution in [0.3, 0.4) is 0 Å². The van der Waals surface area contributed by atoms with Crippen LogP contribution in [0.15, 0.2) is 22.4 Å². The largest absolute Gasteiger partial charge is 0.492 e. The van der Waals surface area contributed by atoms with Crippen LogP contribution in [0.2, 0.25) is 0 Å². The molecule has 2 aromatic rings. The molecular formula is C10H11NOS2. The number of thiophene rings is 1. The summed E-state index contributed by atoms with van der Waals surface area (Å²) in [5.41, 5.74) is 6.63. The molecule has 1 heterocycles. The first-order valence-electron chi connectivity index (χ1n) is 4.36. The zero-order chi connectivity index (χ0) is 10.1. The highest BCUT2D eigenvalue weighted by Gasteiger charge is 2.09.